The van der Waals surface area contributed by atoms with Crippen LogP contribution >= 0.6 is 0 Å². The molecule has 102 heavy (non-hydrogen) atoms. The van der Waals surface area contributed by atoms with E-state index in [0.29, 0.717) is 62.1 Å². The lowest BCUT2D eigenvalue weighted by Crippen LogP contribution is -2.49. The molecule has 0 spiro atoms. The van der Waals surface area contributed by atoms with Crippen molar-refractivity contribution in [3.8, 4) is 0 Å². The number of nitrogens with zero attached hydrogens (tertiary/aromatic N) is 3. The van der Waals surface area contributed by atoms with Gasteiger partial charge in [0.1, 0.15) is 5.82 Å². The summed E-state index contributed by atoms with van der Waals surface area (Å²) in [4.78, 5) is 37.6. The van der Waals surface area contributed by atoms with E-state index in [0.717, 1.165) is 137 Å². The first-order valence-electron chi connectivity index (χ1n) is 39.7. The number of anilines is 1. The summed E-state index contributed by atoms with van der Waals surface area (Å²) in [7, 11) is 1.80. The molecule has 4 heterocycles. The topological polar surface area (TPSA) is 135 Å². The molecule has 6 N–H and O–H groups in total. The highest BCUT2D eigenvalue weighted by Gasteiger charge is 2.45. The van der Waals surface area contributed by atoms with Gasteiger partial charge in [0.15, 0.2) is 0 Å². The third-order valence-electron chi connectivity index (χ3n) is 23.2. The number of unbranched alkanes of at least 4 members (excludes halogenated alkanes) is 21. The number of carbonyl (C=O) groups excluding carboxylic acids is 2. The van der Waals surface area contributed by atoms with Crippen molar-refractivity contribution in [1.29, 1.82) is 0 Å². The average Bonchev–Trinajstić information content (AvgIpc) is 1.50. The van der Waals surface area contributed by atoms with E-state index in [9.17, 15) is 9.59 Å². The molecule has 1 saturated heterocycles. The van der Waals surface area contributed by atoms with Crippen LogP contribution in [-0.4, -0.2) is 71.0 Å². The molecule has 8 rings (SSSR count). The van der Waals surface area contributed by atoms with Crippen LogP contribution < -0.4 is 31.9 Å². The number of fused-ring (bicyclic) bond motifs is 4. The molecular formula is C89H132FN9O3. The fourth-order valence-corrected chi connectivity index (χ4v) is 16.1. The first-order valence-corrected chi connectivity index (χ1v) is 39.7. The lowest BCUT2D eigenvalue weighted by molar-refractivity contribution is -0.132. The van der Waals surface area contributed by atoms with Crippen molar-refractivity contribution in [2.24, 2.45) is 17.3 Å². The van der Waals surface area contributed by atoms with Crippen LogP contribution in [-0.2, 0) is 33.7 Å². The van der Waals surface area contributed by atoms with Crippen molar-refractivity contribution in [3.63, 3.8) is 0 Å². The van der Waals surface area contributed by atoms with E-state index in [-0.39, 0.29) is 53.0 Å². The maximum Gasteiger partial charge on any atom is 0.231 e. The number of benzene rings is 2. The maximum absolute atomic E-state index is 15.7. The largest absolute Gasteiger partial charge is 0.386 e. The van der Waals surface area contributed by atoms with E-state index >= 15 is 4.39 Å². The number of ether oxygens (including phenoxy) is 1. The Labute approximate surface area is 616 Å². The number of likely N-dealkylation sites (tertiary alicyclic amines) is 1. The van der Waals surface area contributed by atoms with E-state index in [1.807, 2.05) is 49.9 Å². The number of amides is 2. The van der Waals surface area contributed by atoms with Crippen molar-refractivity contribution in [2.75, 3.05) is 32.1 Å². The Balaban J connectivity index is 0.742. The van der Waals surface area contributed by atoms with Gasteiger partial charge in [0.05, 0.1) is 53.7 Å². The Morgan fingerprint density at radius 3 is 1.99 bits per heavy atom. The number of carbonyl (C=O) groups is 2. The van der Waals surface area contributed by atoms with Crippen LogP contribution in [0.4, 0.5) is 10.1 Å². The van der Waals surface area contributed by atoms with Crippen molar-refractivity contribution in [3.05, 3.63) is 185 Å². The zero-order chi connectivity index (χ0) is 73.7. The zero-order valence-corrected chi connectivity index (χ0v) is 64.9. The Kier molecular flexibility index (Phi) is 30.5. The minimum Gasteiger partial charge on any atom is -0.386 e. The summed E-state index contributed by atoms with van der Waals surface area (Å²) in [5, 5.41) is 22.2. The SMILES string of the molecule is C=C(CCCCCCCCCCCCCCCCCCCCCCCOC)NCC(C(=C)NC(C)C(=C)NCC(=C)Nc1ccc(CCC(=O)NC(C)(C)C(=C)N[C@H]2CCc3c(C)c(F)cc4nc5c(c2c34)CN2C(=C)C3=C(C=C52)C(C)(C)C(=C)CC3)cc1)N1C(=C)CC(C(C)CCCC)C1=O. The van der Waals surface area contributed by atoms with Crippen molar-refractivity contribution < 1.29 is 18.7 Å². The van der Waals surface area contributed by atoms with E-state index in [2.05, 4.69) is 130 Å². The third-order valence-corrected chi connectivity index (χ3v) is 23.2. The zero-order valence-electron chi connectivity index (χ0n) is 64.9. The summed E-state index contributed by atoms with van der Waals surface area (Å²) in [6.07, 6.45) is 39.4. The number of aryl methyl sites for hydroxylation is 2. The van der Waals surface area contributed by atoms with Gasteiger partial charge in [-0.15, -0.1) is 0 Å². The third kappa shape index (κ3) is 21.3. The Hall–Kier alpha value is -7.12. The second-order valence-corrected chi connectivity index (χ2v) is 31.8. The van der Waals surface area contributed by atoms with Crippen molar-refractivity contribution >= 4 is 34.1 Å². The predicted octanol–water partition coefficient (Wildman–Crippen LogP) is 21.1. The van der Waals surface area contributed by atoms with Gasteiger partial charge in [-0.1, -0.05) is 233 Å². The quantitative estimate of drug-likeness (QED) is 0.0240. The van der Waals surface area contributed by atoms with Crippen LogP contribution in [0.15, 0.2) is 146 Å². The molecule has 0 bridgehead atoms. The molecule has 12 nitrogen and oxygen atoms in total. The van der Waals surface area contributed by atoms with E-state index < -0.39 is 5.54 Å². The van der Waals surface area contributed by atoms with E-state index in [1.165, 1.54) is 145 Å². The summed E-state index contributed by atoms with van der Waals surface area (Å²) in [6, 6.07) is 8.99. The molecule has 4 unspecified atom stereocenters. The number of allylic oxidation sites excluding steroid dienone is 6. The molecule has 558 valence electrons. The van der Waals surface area contributed by atoms with Gasteiger partial charge in [0.25, 0.3) is 0 Å². The summed E-state index contributed by atoms with van der Waals surface area (Å²) in [5.41, 5.74) is 16.9. The minimum absolute atomic E-state index is 0.0754. The fraction of sp³-hybridized carbons (Fsp3) is 0.584. The van der Waals surface area contributed by atoms with Crippen LogP contribution in [0, 0.1) is 30.0 Å². The molecule has 13 heteroatoms. The van der Waals surface area contributed by atoms with Gasteiger partial charge in [-0.3, -0.25) is 9.59 Å². The number of aromatic nitrogens is 1. The van der Waals surface area contributed by atoms with Crippen LogP contribution in [0.1, 0.15) is 281 Å². The van der Waals surface area contributed by atoms with Crippen molar-refractivity contribution in [1.82, 2.24) is 41.4 Å². The second kappa shape index (κ2) is 38.6. The summed E-state index contributed by atoms with van der Waals surface area (Å²) < 4.78 is 20.9. The summed E-state index contributed by atoms with van der Waals surface area (Å²) in [5.74, 6) is -0.00228. The Bertz CT molecular complexity index is 3550. The number of halogens is 1. The number of methoxy groups -OCH3 is 1. The molecule has 0 saturated carbocycles. The number of rotatable bonds is 48. The number of hydrogen-bond acceptors (Lipinski definition) is 10. The molecule has 3 aromatic rings. The van der Waals surface area contributed by atoms with Crippen LogP contribution in [0.2, 0.25) is 0 Å². The minimum atomic E-state index is -0.787. The monoisotopic (exact) mass is 1390 g/mol. The lowest BCUT2D eigenvalue weighted by atomic mass is 9.68. The molecule has 2 aromatic carbocycles. The molecule has 2 amide bonds. The molecule has 2 aliphatic carbocycles. The molecule has 0 radical (unpaired) electrons. The van der Waals surface area contributed by atoms with Gasteiger partial charge in [-0.05, 0) is 149 Å². The molecule has 3 aliphatic heterocycles. The fourth-order valence-electron chi connectivity index (χ4n) is 16.1. The Morgan fingerprint density at radius 1 is 0.775 bits per heavy atom. The lowest BCUT2D eigenvalue weighted by Gasteiger charge is -2.41. The summed E-state index contributed by atoms with van der Waals surface area (Å²) in [6.45, 7) is 55.1. The highest BCUT2D eigenvalue weighted by Crippen LogP contribution is 2.54. The molecule has 1 fully saturated rings. The van der Waals surface area contributed by atoms with Crippen molar-refractivity contribution in [2.45, 2.75) is 291 Å². The molecule has 5 aliphatic rings. The van der Waals surface area contributed by atoms with E-state index in [4.69, 9.17) is 9.72 Å². The Morgan fingerprint density at radius 2 is 1.38 bits per heavy atom. The van der Waals surface area contributed by atoms with Crippen LogP contribution in [0.5, 0.6) is 0 Å². The predicted molar refractivity (Wildman–Crippen MR) is 427 cm³/mol. The van der Waals surface area contributed by atoms with Crippen LogP contribution in [0.25, 0.3) is 16.6 Å². The first kappa shape index (κ1) is 80.6. The smallest absolute Gasteiger partial charge is 0.231 e. The normalized spacial score (nSPS) is 17.8. The number of hydrogen-bond donors (Lipinski definition) is 6. The number of pyridine rings is 1. The molecule has 1 aromatic heterocycles. The average molecular weight is 1400 g/mol. The molecular weight excluding hydrogens is 1260 g/mol. The van der Waals surface area contributed by atoms with Gasteiger partial charge >= 0.3 is 0 Å². The van der Waals surface area contributed by atoms with Gasteiger partial charge in [-0.2, -0.15) is 0 Å². The van der Waals surface area contributed by atoms with E-state index in [1.54, 1.807) is 13.2 Å². The van der Waals surface area contributed by atoms with Gasteiger partial charge in [0.2, 0.25) is 11.8 Å². The maximum atomic E-state index is 15.7. The van der Waals surface area contributed by atoms with Gasteiger partial charge in [0, 0.05) is 101 Å². The summed E-state index contributed by atoms with van der Waals surface area (Å²) >= 11 is 0. The van der Waals surface area contributed by atoms with Crippen LogP contribution in [0.3, 0.4) is 0 Å². The molecule has 5 atom stereocenters. The standard InChI is InChI=1S/C89H132FN9O3/c1-18-19-41-60(2)75-54-64(6)99(87(75)101)82(58-91-62(4)42-39-37-35-33-31-29-27-25-23-21-20-22-24-26-28-30-32-34-36-38-40-53-102-17)68(10)94-67(9)66(8)92-57-63(5)93-72-47-44-71(45-48-72)46-52-83(100)97-89(15,16)70(12)95-79-51-50-73-65(7)78(90)56-80-84(73)85(79)76-59-98-69(11)74-49-43-61(3)88(13,14)77(74)55-81(98)86(76)96-80/h44-45,47-48,55-56,60,67,75,79,82,91-95H,3-6,8,10-12,18-43,46,49-54,57-59H2,1-2,7,9,13-17H3,(H,97,100)/t60?,67?,75?,79-,82?/m0/s1. The highest BCUT2D eigenvalue weighted by molar-refractivity contribution is 5.93. The first-order chi connectivity index (χ1) is 48.9. The number of nitrogens with one attached hydrogen (secondary N) is 6. The highest BCUT2D eigenvalue weighted by atomic mass is 19.1. The van der Waals surface area contributed by atoms with Gasteiger partial charge in [-0.25, -0.2) is 9.37 Å². The second-order valence-electron chi connectivity index (χ2n) is 31.8. The van der Waals surface area contributed by atoms with Gasteiger partial charge < -0.3 is 46.4 Å².